The van der Waals surface area contributed by atoms with Gasteiger partial charge in [-0.1, -0.05) is 27.7 Å². The third kappa shape index (κ3) is 5.81. The van der Waals surface area contributed by atoms with Crippen LogP contribution in [0.1, 0.15) is 55.2 Å². The smallest absolute Gasteiger partial charge is 0.287 e. The molecule has 1 aromatic heterocycles. The lowest BCUT2D eigenvalue weighted by atomic mass is 10.0. The third-order valence-corrected chi connectivity index (χ3v) is 3.53. The van der Waals surface area contributed by atoms with Crippen LogP contribution in [0, 0.1) is 11.8 Å². The number of amides is 2. The highest BCUT2D eigenvalue weighted by Gasteiger charge is 2.27. The number of aliphatic hydroxyl groups excluding tert-OH is 1. The van der Waals surface area contributed by atoms with Crippen LogP contribution in [0.5, 0.6) is 0 Å². The molecule has 0 saturated carbocycles. The quantitative estimate of drug-likeness (QED) is 0.589. The van der Waals surface area contributed by atoms with Crippen LogP contribution in [0.15, 0.2) is 16.5 Å². The zero-order valence-electron chi connectivity index (χ0n) is 14.5. The van der Waals surface area contributed by atoms with Crippen LogP contribution in [0.3, 0.4) is 0 Å². The maximum Gasteiger partial charge on any atom is 0.287 e. The van der Waals surface area contributed by atoms with Crippen molar-refractivity contribution in [2.75, 3.05) is 6.61 Å². The van der Waals surface area contributed by atoms with Crippen LogP contribution in [0.4, 0.5) is 0 Å². The molecule has 7 heteroatoms. The van der Waals surface area contributed by atoms with Crippen molar-refractivity contribution in [3.63, 3.8) is 0 Å². The standard InChI is InChI=1S/C17H26N2O5/c1-10(2)7-12(8-20)18-17(23)15(11(3)4)19-16(22)14-6-5-13(9-21)24-14/h5-6,9-12,15,20H,7-8H2,1-4H3,(H,18,23)(H,19,22)/t12-,15-/m0/s1. The fourth-order valence-electron chi connectivity index (χ4n) is 2.32. The first-order chi connectivity index (χ1) is 11.3. The first kappa shape index (κ1) is 19.9. The van der Waals surface area contributed by atoms with E-state index in [1.807, 2.05) is 13.8 Å². The van der Waals surface area contributed by atoms with Gasteiger partial charge in [0.1, 0.15) is 6.04 Å². The molecule has 0 unspecified atom stereocenters. The summed E-state index contributed by atoms with van der Waals surface area (Å²) in [7, 11) is 0. The minimum Gasteiger partial charge on any atom is -0.448 e. The second-order valence-electron chi connectivity index (χ2n) is 6.53. The Kier molecular flexibility index (Phi) is 7.64. The Morgan fingerprint density at radius 2 is 1.88 bits per heavy atom. The number of furan rings is 1. The van der Waals surface area contributed by atoms with Crippen molar-refractivity contribution >= 4 is 18.1 Å². The average molecular weight is 338 g/mol. The van der Waals surface area contributed by atoms with E-state index in [4.69, 9.17) is 4.42 Å². The fourth-order valence-corrected chi connectivity index (χ4v) is 2.32. The monoisotopic (exact) mass is 338 g/mol. The first-order valence-corrected chi connectivity index (χ1v) is 8.05. The maximum atomic E-state index is 12.4. The van der Waals surface area contributed by atoms with Crippen molar-refractivity contribution in [1.82, 2.24) is 10.6 Å². The Hall–Kier alpha value is -2.15. The Labute approximate surface area is 141 Å². The van der Waals surface area contributed by atoms with Crippen molar-refractivity contribution in [2.45, 2.75) is 46.2 Å². The Morgan fingerprint density at radius 3 is 2.33 bits per heavy atom. The number of aldehydes is 1. The highest BCUT2D eigenvalue weighted by atomic mass is 16.4. The van der Waals surface area contributed by atoms with Crippen molar-refractivity contribution in [3.8, 4) is 0 Å². The van der Waals surface area contributed by atoms with Crippen LogP contribution in [-0.4, -0.2) is 41.9 Å². The molecule has 2 atom stereocenters. The number of aliphatic hydroxyl groups is 1. The Bertz CT molecular complexity index is 565. The van der Waals surface area contributed by atoms with Gasteiger partial charge in [-0.25, -0.2) is 0 Å². The van der Waals surface area contributed by atoms with E-state index < -0.39 is 11.9 Å². The van der Waals surface area contributed by atoms with Crippen LogP contribution in [0.25, 0.3) is 0 Å². The average Bonchev–Trinajstić information content (AvgIpc) is 2.99. The molecule has 1 heterocycles. The van der Waals surface area contributed by atoms with E-state index in [9.17, 15) is 19.5 Å². The molecule has 0 saturated heterocycles. The van der Waals surface area contributed by atoms with E-state index in [-0.39, 0.29) is 36.0 Å². The molecular formula is C17H26N2O5. The van der Waals surface area contributed by atoms with Gasteiger partial charge in [0.05, 0.1) is 12.6 Å². The highest BCUT2D eigenvalue weighted by molar-refractivity contribution is 5.96. The normalized spacial score (nSPS) is 13.6. The van der Waals surface area contributed by atoms with E-state index in [0.29, 0.717) is 18.6 Å². The number of rotatable bonds is 9. The summed E-state index contributed by atoms with van der Waals surface area (Å²) in [5, 5.41) is 14.8. The summed E-state index contributed by atoms with van der Waals surface area (Å²) < 4.78 is 5.06. The largest absolute Gasteiger partial charge is 0.448 e. The topological polar surface area (TPSA) is 109 Å². The second kappa shape index (κ2) is 9.22. The zero-order valence-corrected chi connectivity index (χ0v) is 14.5. The minimum absolute atomic E-state index is 0.0311. The molecule has 7 nitrogen and oxygen atoms in total. The Balaban J connectivity index is 2.76. The van der Waals surface area contributed by atoms with Crippen LogP contribution in [-0.2, 0) is 4.79 Å². The van der Waals surface area contributed by atoms with Gasteiger partial charge in [0.25, 0.3) is 5.91 Å². The SMILES string of the molecule is CC(C)C[C@@H](CO)NC(=O)[C@@H](NC(=O)c1ccc(C=O)o1)C(C)C. The van der Waals surface area contributed by atoms with Gasteiger partial charge in [-0.2, -0.15) is 0 Å². The number of hydrogen-bond donors (Lipinski definition) is 3. The van der Waals surface area contributed by atoms with Gasteiger partial charge < -0.3 is 20.2 Å². The van der Waals surface area contributed by atoms with Crippen LogP contribution >= 0.6 is 0 Å². The van der Waals surface area contributed by atoms with E-state index in [0.717, 1.165) is 0 Å². The van der Waals surface area contributed by atoms with Crippen molar-refractivity contribution in [2.24, 2.45) is 11.8 Å². The van der Waals surface area contributed by atoms with Crippen molar-refractivity contribution < 1.29 is 23.9 Å². The molecule has 0 spiro atoms. The summed E-state index contributed by atoms with van der Waals surface area (Å²) >= 11 is 0. The minimum atomic E-state index is -0.775. The molecule has 24 heavy (non-hydrogen) atoms. The van der Waals surface area contributed by atoms with Gasteiger partial charge in [0.2, 0.25) is 5.91 Å². The molecule has 0 aliphatic carbocycles. The van der Waals surface area contributed by atoms with E-state index in [1.165, 1.54) is 12.1 Å². The lowest BCUT2D eigenvalue weighted by Gasteiger charge is -2.25. The number of carbonyl (C=O) groups excluding carboxylic acids is 3. The number of hydrogen-bond acceptors (Lipinski definition) is 5. The van der Waals surface area contributed by atoms with Crippen LogP contribution in [0.2, 0.25) is 0 Å². The molecular weight excluding hydrogens is 312 g/mol. The summed E-state index contributed by atoms with van der Waals surface area (Å²) in [6.45, 7) is 7.44. The molecule has 2 amide bonds. The van der Waals surface area contributed by atoms with Crippen molar-refractivity contribution in [1.29, 1.82) is 0 Å². The molecule has 0 radical (unpaired) electrons. The van der Waals surface area contributed by atoms with Crippen LogP contribution < -0.4 is 10.6 Å². The number of carbonyl (C=O) groups is 3. The molecule has 0 bridgehead atoms. The van der Waals surface area contributed by atoms with Gasteiger partial charge >= 0.3 is 0 Å². The summed E-state index contributed by atoms with van der Waals surface area (Å²) in [6, 6.07) is 1.63. The molecule has 0 aliphatic rings. The van der Waals surface area contributed by atoms with Crippen molar-refractivity contribution in [3.05, 3.63) is 23.7 Å². The van der Waals surface area contributed by atoms with Gasteiger partial charge in [-0.3, -0.25) is 14.4 Å². The van der Waals surface area contributed by atoms with Gasteiger partial charge in [-0.05, 0) is 30.4 Å². The first-order valence-electron chi connectivity index (χ1n) is 8.05. The molecule has 0 aliphatic heterocycles. The predicted molar refractivity (Wildman–Crippen MR) is 88.7 cm³/mol. The molecule has 0 aromatic carbocycles. The van der Waals surface area contributed by atoms with E-state index >= 15 is 0 Å². The van der Waals surface area contributed by atoms with Gasteiger partial charge in [-0.15, -0.1) is 0 Å². The summed E-state index contributed by atoms with van der Waals surface area (Å²) in [5.41, 5.74) is 0. The molecule has 1 rings (SSSR count). The van der Waals surface area contributed by atoms with E-state index in [1.54, 1.807) is 13.8 Å². The lowest BCUT2D eigenvalue weighted by molar-refractivity contribution is -0.125. The lowest BCUT2D eigenvalue weighted by Crippen LogP contribution is -2.53. The summed E-state index contributed by atoms with van der Waals surface area (Å²) in [5.74, 6) is -0.756. The summed E-state index contributed by atoms with van der Waals surface area (Å²) in [4.78, 5) is 35.2. The van der Waals surface area contributed by atoms with E-state index in [2.05, 4.69) is 10.6 Å². The molecule has 1 aromatic rings. The molecule has 0 fully saturated rings. The zero-order chi connectivity index (χ0) is 18.3. The highest BCUT2D eigenvalue weighted by Crippen LogP contribution is 2.10. The molecule has 134 valence electrons. The predicted octanol–water partition coefficient (Wildman–Crippen LogP) is 1.37. The van der Waals surface area contributed by atoms with Gasteiger partial charge in [0, 0.05) is 0 Å². The summed E-state index contributed by atoms with van der Waals surface area (Å²) in [6.07, 6.45) is 1.14. The maximum absolute atomic E-state index is 12.4. The fraction of sp³-hybridized carbons (Fsp3) is 0.588. The third-order valence-electron chi connectivity index (χ3n) is 3.53. The molecule has 3 N–H and O–H groups in total. The number of nitrogens with one attached hydrogen (secondary N) is 2. The van der Waals surface area contributed by atoms with Gasteiger partial charge in [0.15, 0.2) is 17.8 Å². The Morgan fingerprint density at radius 1 is 1.21 bits per heavy atom. The second-order valence-corrected chi connectivity index (χ2v) is 6.53.